The third kappa shape index (κ3) is 1.92. The molecular formula is C14H17FN4O3. The van der Waals surface area contributed by atoms with Crippen LogP contribution in [-0.2, 0) is 4.74 Å². The standard InChI is InChI=1S/C14H17FN4O3/c1-3-7-4-19(12-9(7)11(16)17-6-18-12)13-14(2,15)10(21)8(5-20)22-13/h3-4,6,8,10,13,20-21H,1,5H2,2H3,(H2,16,17,18)/t8?,10-,13?,14+/m1/s1. The van der Waals surface area contributed by atoms with Gasteiger partial charge < -0.3 is 25.3 Å². The van der Waals surface area contributed by atoms with Crippen LogP contribution in [0.3, 0.4) is 0 Å². The van der Waals surface area contributed by atoms with Crippen molar-refractivity contribution in [2.75, 3.05) is 12.3 Å². The molecule has 0 radical (unpaired) electrons. The van der Waals surface area contributed by atoms with E-state index in [9.17, 15) is 14.6 Å². The monoisotopic (exact) mass is 308 g/mol. The number of ether oxygens (including phenoxy) is 1. The number of anilines is 1. The van der Waals surface area contributed by atoms with Gasteiger partial charge in [0.2, 0.25) is 0 Å². The summed E-state index contributed by atoms with van der Waals surface area (Å²) in [6, 6.07) is 0. The highest BCUT2D eigenvalue weighted by Gasteiger charge is 2.55. The Balaban J connectivity index is 2.19. The Hall–Kier alpha value is -2.03. The molecule has 1 fully saturated rings. The third-order valence-electron chi connectivity index (χ3n) is 4.04. The molecule has 0 saturated carbocycles. The zero-order valence-electron chi connectivity index (χ0n) is 12.0. The molecule has 2 aromatic rings. The molecule has 3 heterocycles. The first-order chi connectivity index (χ1) is 10.4. The lowest BCUT2D eigenvalue weighted by Gasteiger charge is -2.25. The van der Waals surface area contributed by atoms with Crippen molar-refractivity contribution in [3.05, 3.63) is 24.7 Å². The van der Waals surface area contributed by atoms with Gasteiger partial charge in [-0.2, -0.15) is 0 Å². The number of rotatable bonds is 3. The van der Waals surface area contributed by atoms with Crippen LogP contribution in [0, 0.1) is 0 Å². The highest BCUT2D eigenvalue weighted by Crippen LogP contribution is 2.43. The number of fused-ring (bicyclic) bond motifs is 1. The Morgan fingerprint density at radius 2 is 2.32 bits per heavy atom. The highest BCUT2D eigenvalue weighted by molar-refractivity contribution is 5.94. The van der Waals surface area contributed by atoms with Gasteiger partial charge in [-0.15, -0.1) is 0 Å². The topological polar surface area (TPSA) is 106 Å². The fourth-order valence-corrected chi connectivity index (χ4v) is 2.83. The van der Waals surface area contributed by atoms with E-state index in [1.807, 2.05) is 0 Å². The van der Waals surface area contributed by atoms with E-state index >= 15 is 0 Å². The normalized spacial score (nSPS) is 31.7. The van der Waals surface area contributed by atoms with Crippen molar-refractivity contribution in [3.8, 4) is 0 Å². The minimum Gasteiger partial charge on any atom is -0.394 e. The summed E-state index contributed by atoms with van der Waals surface area (Å²) in [5.74, 6) is 0.247. The number of halogens is 1. The Morgan fingerprint density at radius 3 is 2.91 bits per heavy atom. The van der Waals surface area contributed by atoms with Crippen molar-refractivity contribution in [2.24, 2.45) is 0 Å². The van der Waals surface area contributed by atoms with Crippen LogP contribution in [0.4, 0.5) is 10.2 Å². The second-order valence-electron chi connectivity index (χ2n) is 5.46. The second-order valence-corrected chi connectivity index (χ2v) is 5.46. The maximum Gasteiger partial charge on any atom is 0.181 e. The number of hydrogen-bond donors (Lipinski definition) is 3. The zero-order valence-corrected chi connectivity index (χ0v) is 12.0. The molecule has 0 bridgehead atoms. The molecule has 4 atom stereocenters. The van der Waals surface area contributed by atoms with E-state index in [0.29, 0.717) is 16.6 Å². The number of nitrogens with two attached hydrogens (primary N) is 1. The van der Waals surface area contributed by atoms with Crippen molar-refractivity contribution < 1.29 is 19.3 Å². The van der Waals surface area contributed by atoms with Crippen LogP contribution in [0.2, 0.25) is 0 Å². The number of nitrogens with zero attached hydrogens (tertiary/aromatic N) is 3. The first kappa shape index (κ1) is 14.9. The number of alkyl halides is 1. The van der Waals surface area contributed by atoms with E-state index < -0.39 is 30.7 Å². The molecule has 3 rings (SSSR count). The second kappa shape index (κ2) is 5.01. The molecule has 0 aliphatic carbocycles. The van der Waals surface area contributed by atoms with Gasteiger partial charge in [0, 0.05) is 11.8 Å². The van der Waals surface area contributed by atoms with E-state index in [1.165, 1.54) is 17.8 Å². The number of hydrogen-bond acceptors (Lipinski definition) is 6. The predicted octanol–water partition coefficient (Wildman–Crippen LogP) is 0.635. The van der Waals surface area contributed by atoms with Gasteiger partial charge >= 0.3 is 0 Å². The smallest absolute Gasteiger partial charge is 0.181 e. The van der Waals surface area contributed by atoms with Gasteiger partial charge in [-0.05, 0) is 6.92 Å². The molecule has 1 saturated heterocycles. The Morgan fingerprint density at radius 1 is 1.59 bits per heavy atom. The fraction of sp³-hybridized carbons (Fsp3) is 0.429. The lowest BCUT2D eigenvalue weighted by Crippen LogP contribution is -2.40. The van der Waals surface area contributed by atoms with Crippen LogP contribution in [0.1, 0.15) is 18.7 Å². The molecule has 7 nitrogen and oxygen atoms in total. The SMILES string of the molecule is C=Cc1cn(C2OC(CO)[C@@H](O)[C@]2(C)F)c2ncnc(N)c12. The largest absolute Gasteiger partial charge is 0.394 e. The quantitative estimate of drug-likeness (QED) is 0.768. The van der Waals surface area contributed by atoms with Crippen molar-refractivity contribution in [2.45, 2.75) is 31.0 Å². The molecule has 118 valence electrons. The fourth-order valence-electron chi connectivity index (χ4n) is 2.83. The van der Waals surface area contributed by atoms with Gasteiger partial charge in [-0.25, -0.2) is 14.4 Å². The van der Waals surface area contributed by atoms with E-state index in [1.54, 1.807) is 12.3 Å². The summed E-state index contributed by atoms with van der Waals surface area (Å²) in [5, 5.41) is 19.7. The Labute approximate surface area is 125 Å². The average molecular weight is 308 g/mol. The van der Waals surface area contributed by atoms with Gasteiger partial charge in [-0.3, -0.25) is 0 Å². The van der Waals surface area contributed by atoms with Gasteiger partial charge in [0.15, 0.2) is 11.9 Å². The summed E-state index contributed by atoms with van der Waals surface area (Å²) in [6.07, 6.45) is 0.812. The van der Waals surface area contributed by atoms with E-state index in [0.717, 1.165) is 0 Å². The van der Waals surface area contributed by atoms with Crippen molar-refractivity contribution in [3.63, 3.8) is 0 Å². The molecule has 22 heavy (non-hydrogen) atoms. The summed E-state index contributed by atoms with van der Waals surface area (Å²) < 4.78 is 21.9. The van der Waals surface area contributed by atoms with Crippen LogP contribution in [-0.4, -0.2) is 49.2 Å². The molecule has 0 spiro atoms. The summed E-state index contributed by atoms with van der Waals surface area (Å²) in [4.78, 5) is 8.05. The number of aliphatic hydroxyl groups is 2. The number of aromatic nitrogens is 3. The van der Waals surface area contributed by atoms with E-state index in [4.69, 9.17) is 10.5 Å². The molecule has 0 amide bonds. The Bertz CT molecular complexity index is 730. The summed E-state index contributed by atoms with van der Waals surface area (Å²) >= 11 is 0. The number of nitrogen functional groups attached to an aromatic ring is 1. The van der Waals surface area contributed by atoms with Gasteiger partial charge in [0.05, 0.1) is 12.0 Å². The molecule has 1 aliphatic heterocycles. The molecule has 1 aliphatic rings. The summed E-state index contributed by atoms with van der Waals surface area (Å²) in [6.45, 7) is 4.44. The Kier molecular flexibility index (Phi) is 3.39. The zero-order chi connectivity index (χ0) is 16.1. The highest BCUT2D eigenvalue weighted by atomic mass is 19.1. The van der Waals surface area contributed by atoms with Crippen LogP contribution < -0.4 is 5.73 Å². The van der Waals surface area contributed by atoms with Crippen molar-refractivity contribution >= 4 is 22.9 Å². The number of aliphatic hydroxyl groups excluding tert-OH is 2. The van der Waals surface area contributed by atoms with E-state index in [-0.39, 0.29) is 5.82 Å². The molecule has 4 N–H and O–H groups in total. The first-order valence-electron chi connectivity index (χ1n) is 6.78. The van der Waals surface area contributed by atoms with Gasteiger partial charge in [-0.1, -0.05) is 12.7 Å². The van der Waals surface area contributed by atoms with Crippen LogP contribution >= 0.6 is 0 Å². The molecule has 0 aromatic carbocycles. The summed E-state index contributed by atoms with van der Waals surface area (Å²) in [7, 11) is 0. The third-order valence-corrected chi connectivity index (χ3v) is 4.04. The van der Waals surface area contributed by atoms with Crippen LogP contribution in [0.15, 0.2) is 19.1 Å². The van der Waals surface area contributed by atoms with Crippen LogP contribution in [0.5, 0.6) is 0 Å². The maximum absolute atomic E-state index is 14.9. The van der Waals surface area contributed by atoms with Crippen molar-refractivity contribution in [1.29, 1.82) is 0 Å². The first-order valence-corrected chi connectivity index (χ1v) is 6.78. The van der Waals surface area contributed by atoms with Crippen molar-refractivity contribution in [1.82, 2.24) is 14.5 Å². The van der Waals surface area contributed by atoms with Crippen LogP contribution in [0.25, 0.3) is 17.1 Å². The molecule has 2 aromatic heterocycles. The molecule has 2 unspecified atom stereocenters. The molecule has 8 heteroatoms. The lowest BCUT2D eigenvalue weighted by molar-refractivity contribution is -0.0564. The van der Waals surface area contributed by atoms with Gasteiger partial charge in [0.1, 0.15) is 30.0 Å². The van der Waals surface area contributed by atoms with E-state index in [2.05, 4.69) is 16.5 Å². The average Bonchev–Trinajstić information content (AvgIpc) is 2.97. The van der Waals surface area contributed by atoms with Gasteiger partial charge in [0.25, 0.3) is 0 Å². The maximum atomic E-state index is 14.9. The summed E-state index contributed by atoms with van der Waals surface area (Å²) in [5.41, 5.74) is 4.77. The minimum absolute atomic E-state index is 0.247. The lowest BCUT2D eigenvalue weighted by atomic mass is 9.98. The predicted molar refractivity (Wildman–Crippen MR) is 78.5 cm³/mol. The minimum atomic E-state index is -2.10. The molecular weight excluding hydrogens is 291 g/mol.